The Hall–Kier alpha value is -2.40. The molecule has 142 valence electrons. The summed E-state index contributed by atoms with van der Waals surface area (Å²) in [4.78, 5) is 21.9. The van der Waals surface area contributed by atoms with Gasteiger partial charge in [0.15, 0.2) is 0 Å². The lowest BCUT2D eigenvalue weighted by Gasteiger charge is -2.26. The molecule has 0 N–H and O–H groups in total. The van der Waals surface area contributed by atoms with Crippen LogP contribution < -0.4 is 4.90 Å². The molecule has 0 unspecified atom stereocenters. The molecule has 4 rings (SSSR count). The minimum absolute atomic E-state index is 0.0455. The van der Waals surface area contributed by atoms with Crippen LogP contribution in [0.15, 0.2) is 48.7 Å². The first kappa shape index (κ1) is 18.0. The van der Waals surface area contributed by atoms with E-state index in [1.54, 1.807) is 6.20 Å². The Balaban J connectivity index is 1.49. The van der Waals surface area contributed by atoms with E-state index in [0.717, 1.165) is 43.8 Å². The first-order valence-corrected chi connectivity index (χ1v) is 9.95. The molecule has 0 aliphatic carbocycles. The summed E-state index contributed by atoms with van der Waals surface area (Å²) in [6, 6.07) is 13.9. The van der Waals surface area contributed by atoms with Crippen LogP contribution in [0.5, 0.6) is 0 Å². The number of nitrogens with zero attached hydrogens (tertiary/aromatic N) is 3. The highest BCUT2D eigenvalue weighted by Crippen LogP contribution is 2.22. The number of rotatable bonds is 6. The third-order valence-corrected chi connectivity index (χ3v) is 5.40. The van der Waals surface area contributed by atoms with E-state index < -0.39 is 0 Å². The highest BCUT2D eigenvalue weighted by atomic mass is 16.5. The van der Waals surface area contributed by atoms with E-state index in [0.29, 0.717) is 13.1 Å². The van der Waals surface area contributed by atoms with Gasteiger partial charge in [0.2, 0.25) is 0 Å². The largest absolute Gasteiger partial charge is 0.376 e. The van der Waals surface area contributed by atoms with Crippen molar-refractivity contribution in [2.75, 3.05) is 31.1 Å². The van der Waals surface area contributed by atoms with Crippen LogP contribution in [0.25, 0.3) is 0 Å². The van der Waals surface area contributed by atoms with E-state index >= 15 is 0 Å². The zero-order valence-electron chi connectivity index (χ0n) is 15.7. The number of aromatic nitrogens is 1. The van der Waals surface area contributed by atoms with Crippen molar-refractivity contribution in [1.82, 2.24) is 9.88 Å². The van der Waals surface area contributed by atoms with Crippen LogP contribution in [0.3, 0.4) is 0 Å². The van der Waals surface area contributed by atoms with E-state index in [-0.39, 0.29) is 12.0 Å². The Bertz CT molecular complexity index is 736. The monoisotopic (exact) mass is 365 g/mol. The SMILES string of the molecule is O=C(c1ccc(N2CCCC2)cc1)N(Cc1ccccn1)C[C@H]1CCCO1. The summed E-state index contributed by atoms with van der Waals surface area (Å²) >= 11 is 0. The average Bonchev–Trinajstić information content (AvgIpc) is 3.42. The standard InChI is InChI=1S/C22H27N3O2/c26-22(18-8-10-20(11-9-18)24-13-3-4-14-24)25(17-21-7-5-15-27-21)16-19-6-1-2-12-23-19/h1-2,6,8-12,21H,3-5,7,13-17H2/t21-/m1/s1. The number of benzene rings is 1. The van der Waals surface area contributed by atoms with Crippen LogP contribution in [0, 0.1) is 0 Å². The van der Waals surface area contributed by atoms with Gasteiger partial charge in [0.25, 0.3) is 5.91 Å². The summed E-state index contributed by atoms with van der Waals surface area (Å²) in [6.45, 7) is 4.13. The molecule has 0 radical (unpaired) electrons. The maximum atomic E-state index is 13.2. The minimum atomic E-state index is 0.0455. The molecular formula is C22H27N3O2. The van der Waals surface area contributed by atoms with Gasteiger partial charge in [0.1, 0.15) is 0 Å². The second-order valence-electron chi connectivity index (χ2n) is 7.38. The first-order chi connectivity index (χ1) is 13.3. The van der Waals surface area contributed by atoms with Crippen molar-refractivity contribution in [3.8, 4) is 0 Å². The zero-order valence-corrected chi connectivity index (χ0v) is 15.7. The highest BCUT2D eigenvalue weighted by Gasteiger charge is 2.24. The quantitative estimate of drug-likeness (QED) is 0.786. The van der Waals surface area contributed by atoms with Gasteiger partial charge in [-0.1, -0.05) is 6.07 Å². The van der Waals surface area contributed by atoms with E-state index in [9.17, 15) is 4.79 Å². The van der Waals surface area contributed by atoms with E-state index in [4.69, 9.17) is 4.74 Å². The topological polar surface area (TPSA) is 45.7 Å². The zero-order chi connectivity index (χ0) is 18.5. The third kappa shape index (κ3) is 4.48. The molecule has 0 saturated carbocycles. The van der Waals surface area contributed by atoms with E-state index in [2.05, 4.69) is 22.0 Å². The molecule has 1 aromatic heterocycles. The Labute approximate surface area is 161 Å². The number of anilines is 1. The molecule has 2 aliphatic rings. The molecule has 3 heterocycles. The average molecular weight is 365 g/mol. The lowest BCUT2D eigenvalue weighted by atomic mass is 10.1. The summed E-state index contributed by atoms with van der Waals surface area (Å²) in [5.74, 6) is 0.0455. The molecule has 0 spiro atoms. The van der Waals surface area contributed by atoms with E-state index in [1.807, 2.05) is 35.2 Å². The molecule has 27 heavy (non-hydrogen) atoms. The van der Waals surface area contributed by atoms with Crippen LogP contribution >= 0.6 is 0 Å². The molecule has 5 heteroatoms. The van der Waals surface area contributed by atoms with Crippen molar-refractivity contribution in [2.24, 2.45) is 0 Å². The maximum absolute atomic E-state index is 13.2. The van der Waals surface area contributed by atoms with Crippen LogP contribution in [-0.2, 0) is 11.3 Å². The van der Waals surface area contributed by atoms with Crippen molar-refractivity contribution in [3.63, 3.8) is 0 Å². The van der Waals surface area contributed by atoms with Gasteiger partial charge in [-0.25, -0.2) is 0 Å². The summed E-state index contributed by atoms with van der Waals surface area (Å²) in [5.41, 5.74) is 2.84. The van der Waals surface area contributed by atoms with Gasteiger partial charge in [-0.05, 0) is 62.1 Å². The predicted octanol–water partition coefficient (Wildman–Crippen LogP) is 3.50. The number of pyridine rings is 1. The van der Waals surface area contributed by atoms with Crippen molar-refractivity contribution in [2.45, 2.75) is 38.3 Å². The molecule has 2 fully saturated rings. The summed E-state index contributed by atoms with van der Waals surface area (Å²) in [7, 11) is 0. The van der Waals surface area contributed by atoms with Gasteiger partial charge in [0, 0.05) is 43.7 Å². The van der Waals surface area contributed by atoms with Crippen LogP contribution in [0.1, 0.15) is 41.7 Å². The fourth-order valence-electron chi connectivity index (χ4n) is 3.91. The Morgan fingerprint density at radius 3 is 2.59 bits per heavy atom. The smallest absolute Gasteiger partial charge is 0.254 e. The van der Waals surface area contributed by atoms with Crippen molar-refractivity contribution >= 4 is 11.6 Å². The van der Waals surface area contributed by atoms with Crippen LogP contribution in [-0.4, -0.2) is 48.1 Å². The van der Waals surface area contributed by atoms with Crippen LogP contribution in [0.4, 0.5) is 5.69 Å². The lowest BCUT2D eigenvalue weighted by molar-refractivity contribution is 0.0504. The Morgan fingerprint density at radius 1 is 1.11 bits per heavy atom. The van der Waals surface area contributed by atoms with Crippen molar-refractivity contribution in [3.05, 3.63) is 59.9 Å². The lowest BCUT2D eigenvalue weighted by Crippen LogP contribution is -2.37. The normalized spacial score (nSPS) is 19.4. The van der Waals surface area contributed by atoms with Gasteiger partial charge in [-0.15, -0.1) is 0 Å². The summed E-state index contributed by atoms with van der Waals surface area (Å²) < 4.78 is 5.77. The van der Waals surface area contributed by atoms with Crippen molar-refractivity contribution in [1.29, 1.82) is 0 Å². The molecule has 1 aromatic carbocycles. The second-order valence-corrected chi connectivity index (χ2v) is 7.38. The molecule has 1 amide bonds. The van der Waals surface area contributed by atoms with Gasteiger partial charge < -0.3 is 14.5 Å². The van der Waals surface area contributed by atoms with Crippen LogP contribution in [0.2, 0.25) is 0 Å². The van der Waals surface area contributed by atoms with Gasteiger partial charge in [-0.3, -0.25) is 9.78 Å². The number of carbonyl (C=O) groups is 1. The number of amides is 1. The van der Waals surface area contributed by atoms with Gasteiger partial charge in [0.05, 0.1) is 18.3 Å². The van der Waals surface area contributed by atoms with E-state index in [1.165, 1.54) is 18.5 Å². The Morgan fingerprint density at radius 2 is 1.93 bits per heavy atom. The fourth-order valence-corrected chi connectivity index (χ4v) is 3.91. The molecule has 2 aromatic rings. The second kappa shape index (κ2) is 8.53. The number of hydrogen-bond acceptors (Lipinski definition) is 4. The number of hydrogen-bond donors (Lipinski definition) is 0. The minimum Gasteiger partial charge on any atom is -0.376 e. The molecule has 2 saturated heterocycles. The summed E-state index contributed by atoms with van der Waals surface area (Å²) in [5, 5.41) is 0. The molecule has 0 bridgehead atoms. The number of ether oxygens (including phenoxy) is 1. The molecule has 1 atom stereocenters. The predicted molar refractivity (Wildman–Crippen MR) is 106 cm³/mol. The molecular weight excluding hydrogens is 338 g/mol. The first-order valence-electron chi connectivity index (χ1n) is 9.95. The van der Waals surface area contributed by atoms with Gasteiger partial charge in [-0.2, -0.15) is 0 Å². The fraction of sp³-hybridized carbons (Fsp3) is 0.455. The molecule has 5 nitrogen and oxygen atoms in total. The van der Waals surface area contributed by atoms with Crippen molar-refractivity contribution < 1.29 is 9.53 Å². The highest BCUT2D eigenvalue weighted by molar-refractivity contribution is 5.94. The number of carbonyl (C=O) groups excluding carboxylic acids is 1. The van der Waals surface area contributed by atoms with Gasteiger partial charge >= 0.3 is 0 Å². The third-order valence-electron chi connectivity index (χ3n) is 5.40. The maximum Gasteiger partial charge on any atom is 0.254 e. The Kier molecular flexibility index (Phi) is 5.68. The summed E-state index contributed by atoms with van der Waals surface area (Å²) in [6.07, 6.45) is 6.48. The molecule has 2 aliphatic heterocycles.